The molecule has 2 aromatic heterocycles. The predicted octanol–water partition coefficient (Wildman–Crippen LogP) is 3.43. The van der Waals surface area contributed by atoms with Gasteiger partial charge in [0.1, 0.15) is 11.6 Å². The monoisotopic (exact) mass is 429 g/mol. The van der Waals surface area contributed by atoms with Crippen LogP contribution in [0.2, 0.25) is 5.02 Å². The maximum absolute atomic E-state index is 13.1. The molecule has 0 aliphatic carbocycles. The quantitative estimate of drug-likeness (QED) is 0.411. The van der Waals surface area contributed by atoms with Crippen molar-refractivity contribution in [2.75, 3.05) is 17.2 Å². The molecule has 0 saturated heterocycles. The lowest BCUT2D eigenvalue weighted by atomic mass is 10.2. The standard InChI is InChI=1S/C21H21ClFN5O2/c1-13(12-29)27-20-8-19(17(22)11-26-20)28-7-6-18(16(9-24)21(28)30)25-10-14-2-4-15(23)5-3-14/h2-9,11,13,24-25,29H,10,12H2,1H3,(H,26,27)/t13-/m0/s1. The van der Waals surface area contributed by atoms with Gasteiger partial charge in [-0.3, -0.25) is 9.36 Å². The molecule has 30 heavy (non-hydrogen) atoms. The topological polar surface area (TPSA) is 103 Å². The highest BCUT2D eigenvalue weighted by Gasteiger charge is 2.13. The first-order valence-corrected chi connectivity index (χ1v) is 9.58. The molecule has 0 aliphatic heterocycles. The number of pyridine rings is 2. The van der Waals surface area contributed by atoms with Gasteiger partial charge in [-0.25, -0.2) is 9.37 Å². The lowest BCUT2D eigenvalue weighted by molar-refractivity contribution is 0.281. The van der Waals surface area contributed by atoms with Crippen LogP contribution >= 0.6 is 11.6 Å². The van der Waals surface area contributed by atoms with Crippen molar-refractivity contribution in [3.05, 3.63) is 81.1 Å². The van der Waals surface area contributed by atoms with Crippen molar-refractivity contribution < 1.29 is 9.50 Å². The van der Waals surface area contributed by atoms with Crippen molar-refractivity contribution in [1.82, 2.24) is 9.55 Å². The van der Waals surface area contributed by atoms with E-state index in [1.807, 2.05) is 0 Å². The number of nitrogens with one attached hydrogen (secondary N) is 3. The Morgan fingerprint density at radius 1 is 1.33 bits per heavy atom. The van der Waals surface area contributed by atoms with Crippen LogP contribution in [0.25, 0.3) is 5.69 Å². The molecule has 2 heterocycles. The molecule has 7 nitrogen and oxygen atoms in total. The number of aromatic nitrogens is 2. The summed E-state index contributed by atoms with van der Waals surface area (Å²) in [7, 11) is 0. The number of halogens is 2. The third-order valence-electron chi connectivity index (χ3n) is 4.43. The summed E-state index contributed by atoms with van der Waals surface area (Å²) in [6.07, 6.45) is 3.96. The number of rotatable bonds is 8. The van der Waals surface area contributed by atoms with Crippen LogP contribution in [-0.2, 0) is 6.54 Å². The van der Waals surface area contributed by atoms with Crippen molar-refractivity contribution in [2.24, 2.45) is 0 Å². The molecular weight excluding hydrogens is 409 g/mol. The van der Waals surface area contributed by atoms with Gasteiger partial charge in [0, 0.05) is 31.1 Å². The van der Waals surface area contributed by atoms with Crippen LogP contribution in [0.1, 0.15) is 18.1 Å². The van der Waals surface area contributed by atoms with E-state index in [4.69, 9.17) is 17.0 Å². The fourth-order valence-corrected chi connectivity index (χ4v) is 3.02. The number of hydrogen-bond donors (Lipinski definition) is 4. The van der Waals surface area contributed by atoms with E-state index in [0.717, 1.165) is 11.8 Å². The van der Waals surface area contributed by atoms with Gasteiger partial charge < -0.3 is 21.1 Å². The average molecular weight is 430 g/mol. The highest BCUT2D eigenvalue weighted by atomic mass is 35.5. The largest absolute Gasteiger partial charge is 0.394 e. The number of benzene rings is 1. The second-order valence-electron chi connectivity index (χ2n) is 6.69. The molecule has 1 aromatic carbocycles. The number of hydrogen-bond acceptors (Lipinski definition) is 6. The van der Waals surface area contributed by atoms with Crippen molar-refractivity contribution in [3.63, 3.8) is 0 Å². The van der Waals surface area contributed by atoms with E-state index in [2.05, 4.69) is 15.6 Å². The first-order chi connectivity index (χ1) is 14.4. The van der Waals surface area contributed by atoms with E-state index in [1.54, 1.807) is 37.4 Å². The van der Waals surface area contributed by atoms with E-state index in [9.17, 15) is 14.3 Å². The Morgan fingerprint density at radius 2 is 2.07 bits per heavy atom. The normalized spacial score (nSPS) is 11.7. The van der Waals surface area contributed by atoms with Crippen LogP contribution in [0.3, 0.4) is 0 Å². The van der Waals surface area contributed by atoms with Gasteiger partial charge in [0.2, 0.25) is 0 Å². The highest BCUT2D eigenvalue weighted by Crippen LogP contribution is 2.23. The summed E-state index contributed by atoms with van der Waals surface area (Å²) in [6.45, 7) is 2.08. The van der Waals surface area contributed by atoms with E-state index < -0.39 is 5.56 Å². The Labute approximate surface area is 177 Å². The second kappa shape index (κ2) is 9.51. The lowest BCUT2D eigenvalue weighted by Crippen LogP contribution is -2.24. The number of aliphatic hydroxyl groups is 1. The molecule has 9 heteroatoms. The molecule has 0 fully saturated rings. The van der Waals surface area contributed by atoms with Crippen LogP contribution in [0.15, 0.2) is 53.6 Å². The molecule has 3 aromatic rings. The first-order valence-electron chi connectivity index (χ1n) is 9.20. The summed E-state index contributed by atoms with van der Waals surface area (Å²) >= 11 is 6.26. The maximum atomic E-state index is 13.1. The smallest absolute Gasteiger partial charge is 0.266 e. The molecule has 1 atom stereocenters. The third kappa shape index (κ3) is 4.84. The molecule has 0 unspecified atom stereocenters. The van der Waals surface area contributed by atoms with E-state index in [-0.39, 0.29) is 29.1 Å². The number of nitrogens with zero attached hydrogens (tertiary/aromatic N) is 2. The van der Waals surface area contributed by atoms with E-state index >= 15 is 0 Å². The molecule has 0 spiro atoms. The molecule has 3 rings (SSSR count). The van der Waals surface area contributed by atoms with Gasteiger partial charge in [0.25, 0.3) is 5.56 Å². The minimum atomic E-state index is -0.427. The molecule has 0 saturated carbocycles. The predicted molar refractivity (Wildman–Crippen MR) is 117 cm³/mol. The van der Waals surface area contributed by atoms with Crippen molar-refractivity contribution in [3.8, 4) is 5.69 Å². The lowest BCUT2D eigenvalue weighted by Gasteiger charge is -2.16. The molecule has 0 aliphatic rings. The van der Waals surface area contributed by atoms with E-state index in [0.29, 0.717) is 23.7 Å². The zero-order valence-corrected chi connectivity index (χ0v) is 16.9. The average Bonchev–Trinajstić information content (AvgIpc) is 2.75. The van der Waals surface area contributed by atoms with Gasteiger partial charge in [-0.15, -0.1) is 0 Å². The Balaban J connectivity index is 1.92. The first kappa shape index (κ1) is 21.5. The van der Waals surface area contributed by atoms with Gasteiger partial charge in [0.15, 0.2) is 0 Å². The molecule has 0 amide bonds. The number of anilines is 2. The van der Waals surface area contributed by atoms with Crippen molar-refractivity contribution in [2.45, 2.75) is 19.5 Å². The Hall–Kier alpha value is -3.23. The van der Waals surface area contributed by atoms with Crippen LogP contribution in [0.5, 0.6) is 0 Å². The molecular formula is C21H21ClFN5O2. The SMILES string of the molecule is C[C@@H](CO)Nc1cc(-n2ccc(NCc3ccc(F)cc3)c(C=N)c2=O)c(Cl)cn1. The summed E-state index contributed by atoms with van der Waals surface area (Å²) in [5, 5.41) is 23.3. The summed E-state index contributed by atoms with van der Waals surface area (Å²) in [6, 6.07) is 9.07. The Bertz CT molecular complexity index is 1100. The second-order valence-corrected chi connectivity index (χ2v) is 7.10. The molecule has 4 N–H and O–H groups in total. The minimum absolute atomic E-state index is 0.0774. The van der Waals surface area contributed by atoms with E-state index in [1.165, 1.54) is 22.9 Å². The van der Waals surface area contributed by atoms with Crippen LogP contribution < -0.4 is 16.2 Å². The Morgan fingerprint density at radius 3 is 2.73 bits per heavy atom. The summed E-state index contributed by atoms with van der Waals surface area (Å²) in [5.41, 5.74) is 1.45. The molecule has 156 valence electrons. The zero-order chi connectivity index (χ0) is 21.7. The third-order valence-corrected chi connectivity index (χ3v) is 4.72. The minimum Gasteiger partial charge on any atom is -0.394 e. The van der Waals surface area contributed by atoms with Gasteiger partial charge in [-0.1, -0.05) is 23.7 Å². The fraction of sp³-hybridized carbons (Fsp3) is 0.190. The van der Waals surface area contributed by atoms with Crippen LogP contribution in [0, 0.1) is 11.2 Å². The van der Waals surface area contributed by atoms with Crippen molar-refractivity contribution in [1.29, 1.82) is 5.41 Å². The summed E-state index contributed by atoms with van der Waals surface area (Å²) in [5.74, 6) is 0.135. The fourth-order valence-electron chi connectivity index (χ4n) is 2.82. The van der Waals surface area contributed by atoms with Gasteiger partial charge in [-0.2, -0.15) is 0 Å². The highest BCUT2D eigenvalue weighted by molar-refractivity contribution is 6.32. The van der Waals surface area contributed by atoms with Gasteiger partial charge in [0.05, 0.1) is 34.8 Å². The number of aliphatic hydroxyl groups excluding tert-OH is 1. The van der Waals surface area contributed by atoms with Gasteiger partial charge >= 0.3 is 0 Å². The van der Waals surface area contributed by atoms with Crippen LogP contribution in [0.4, 0.5) is 15.9 Å². The zero-order valence-electron chi connectivity index (χ0n) is 16.2. The molecule has 0 bridgehead atoms. The maximum Gasteiger partial charge on any atom is 0.266 e. The summed E-state index contributed by atoms with van der Waals surface area (Å²) in [4.78, 5) is 17.2. The molecule has 0 radical (unpaired) electrons. The van der Waals surface area contributed by atoms with Gasteiger partial charge in [-0.05, 0) is 30.7 Å². The van der Waals surface area contributed by atoms with Crippen LogP contribution in [-0.4, -0.2) is 33.5 Å². The van der Waals surface area contributed by atoms with Crippen molar-refractivity contribution >= 4 is 29.3 Å². The summed E-state index contributed by atoms with van der Waals surface area (Å²) < 4.78 is 14.4. The Kier molecular flexibility index (Phi) is 6.81.